The maximum atomic E-state index is 10.8. The van der Waals surface area contributed by atoms with Crippen LogP contribution >= 0.6 is 0 Å². The fourth-order valence-corrected chi connectivity index (χ4v) is 4.63. The Kier molecular flexibility index (Phi) is 1.64. The third-order valence-corrected chi connectivity index (χ3v) is 5.78. The van der Waals surface area contributed by atoms with E-state index in [1.54, 1.807) is 0 Å². The van der Waals surface area contributed by atoms with Gasteiger partial charge in [0.05, 0.1) is 11.2 Å². The van der Waals surface area contributed by atoms with Gasteiger partial charge in [0.25, 0.3) is 0 Å². The normalized spacial score (nSPS) is 67.4. The highest BCUT2D eigenvalue weighted by Crippen LogP contribution is 2.74. The van der Waals surface area contributed by atoms with Crippen LogP contribution in [0.2, 0.25) is 0 Å². The van der Waals surface area contributed by atoms with Crippen molar-refractivity contribution in [2.45, 2.75) is 57.7 Å². The van der Waals surface area contributed by atoms with Crippen LogP contribution in [0.1, 0.15) is 46.5 Å². The van der Waals surface area contributed by atoms with Gasteiger partial charge in [-0.05, 0) is 43.4 Å². The summed E-state index contributed by atoms with van der Waals surface area (Å²) >= 11 is 0. The Hall–Kier alpha value is -0.0800. The summed E-state index contributed by atoms with van der Waals surface area (Å²) in [6.07, 6.45) is 3.83. The fourth-order valence-electron chi connectivity index (χ4n) is 4.63. The topological polar surface area (TPSA) is 40.5 Å². The van der Waals surface area contributed by atoms with Crippen LogP contribution in [0.25, 0.3) is 0 Å². The number of hydrogen-bond donors (Lipinski definition) is 2. The first-order valence-corrected chi connectivity index (χ1v) is 6.30. The van der Waals surface area contributed by atoms with Crippen molar-refractivity contribution in [3.8, 4) is 0 Å². The van der Waals surface area contributed by atoms with Crippen molar-refractivity contribution in [2.75, 3.05) is 0 Å². The van der Waals surface area contributed by atoms with E-state index in [4.69, 9.17) is 0 Å². The summed E-state index contributed by atoms with van der Waals surface area (Å²) in [4.78, 5) is 0. The van der Waals surface area contributed by atoms with Gasteiger partial charge in [-0.1, -0.05) is 20.8 Å². The molecule has 3 fully saturated rings. The molecule has 0 aromatic rings. The van der Waals surface area contributed by atoms with Crippen molar-refractivity contribution in [1.29, 1.82) is 0 Å². The van der Waals surface area contributed by atoms with Gasteiger partial charge in [-0.15, -0.1) is 0 Å². The zero-order chi connectivity index (χ0) is 11.1. The molecule has 0 saturated heterocycles. The zero-order valence-corrected chi connectivity index (χ0v) is 9.95. The molecule has 3 saturated carbocycles. The number of aliphatic hydroxyl groups is 2. The Balaban J connectivity index is 1.89. The first-order chi connectivity index (χ1) is 6.86. The highest BCUT2D eigenvalue weighted by molar-refractivity contribution is 5.29. The quantitative estimate of drug-likeness (QED) is 0.694. The largest absolute Gasteiger partial charge is 0.387 e. The molecular formula is C13H22O2. The molecule has 1 spiro atoms. The third-order valence-electron chi connectivity index (χ3n) is 5.78. The maximum absolute atomic E-state index is 10.8. The SMILES string of the molecule is CC1CC2(C1)C(C)CC2(O)C1(O)CC1C. The van der Waals surface area contributed by atoms with Crippen LogP contribution in [0.4, 0.5) is 0 Å². The van der Waals surface area contributed by atoms with Crippen LogP contribution in [-0.4, -0.2) is 21.4 Å². The Morgan fingerprint density at radius 3 is 1.73 bits per heavy atom. The molecule has 3 aliphatic carbocycles. The van der Waals surface area contributed by atoms with E-state index >= 15 is 0 Å². The first kappa shape index (κ1) is 10.1. The number of rotatable bonds is 1. The molecule has 0 heterocycles. The van der Waals surface area contributed by atoms with E-state index in [0.717, 1.165) is 31.6 Å². The van der Waals surface area contributed by atoms with Gasteiger partial charge >= 0.3 is 0 Å². The second-order valence-electron chi connectivity index (χ2n) is 6.66. The molecule has 15 heavy (non-hydrogen) atoms. The van der Waals surface area contributed by atoms with Crippen molar-refractivity contribution in [2.24, 2.45) is 23.2 Å². The van der Waals surface area contributed by atoms with Crippen LogP contribution in [0, 0.1) is 23.2 Å². The summed E-state index contributed by atoms with van der Waals surface area (Å²) in [6, 6.07) is 0. The highest BCUT2D eigenvalue weighted by atomic mass is 16.4. The van der Waals surface area contributed by atoms with Crippen molar-refractivity contribution in [1.82, 2.24) is 0 Å². The Morgan fingerprint density at radius 1 is 0.867 bits per heavy atom. The minimum Gasteiger partial charge on any atom is -0.387 e. The maximum Gasteiger partial charge on any atom is 0.0997 e. The summed E-state index contributed by atoms with van der Waals surface area (Å²) in [5.41, 5.74) is -1.45. The van der Waals surface area contributed by atoms with Gasteiger partial charge in [0.2, 0.25) is 0 Å². The molecule has 0 aromatic heterocycles. The van der Waals surface area contributed by atoms with E-state index in [-0.39, 0.29) is 5.41 Å². The summed E-state index contributed by atoms with van der Waals surface area (Å²) in [6.45, 7) is 6.53. The van der Waals surface area contributed by atoms with Crippen LogP contribution in [0.15, 0.2) is 0 Å². The van der Waals surface area contributed by atoms with Crippen LogP contribution in [0.5, 0.6) is 0 Å². The van der Waals surface area contributed by atoms with E-state index in [2.05, 4.69) is 20.8 Å². The minimum atomic E-state index is -0.759. The van der Waals surface area contributed by atoms with Gasteiger partial charge in [0, 0.05) is 5.41 Å². The predicted molar refractivity (Wildman–Crippen MR) is 58.3 cm³/mol. The average Bonchev–Trinajstić information content (AvgIpc) is 2.70. The molecule has 0 aromatic carbocycles. The Morgan fingerprint density at radius 2 is 1.40 bits per heavy atom. The minimum absolute atomic E-state index is 0.0614. The second kappa shape index (κ2) is 2.43. The summed E-state index contributed by atoms with van der Waals surface area (Å²) in [5.74, 6) is 1.62. The third kappa shape index (κ3) is 0.861. The molecule has 2 nitrogen and oxygen atoms in total. The van der Waals surface area contributed by atoms with Gasteiger partial charge in [0.1, 0.15) is 0 Å². The van der Waals surface area contributed by atoms with E-state index in [9.17, 15) is 10.2 Å². The summed E-state index contributed by atoms with van der Waals surface area (Å²) in [5, 5.41) is 21.2. The summed E-state index contributed by atoms with van der Waals surface area (Å²) < 4.78 is 0. The van der Waals surface area contributed by atoms with Gasteiger partial charge in [-0.25, -0.2) is 0 Å². The molecule has 0 aliphatic heterocycles. The van der Waals surface area contributed by atoms with Gasteiger partial charge in [-0.2, -0.15) is 0 Å². The Labute approximate surface area is 91.7 Å². The molecule has 3 rings (SSSR count). The molecule has 0 radical (unpaired) electrons. The molecular weight excluding hydrogens is 188 g/mol. The van der Waals surface area contributed by atoms with E-state index in [1.165, 1.54) is 0 Å². The monoisotopic (exact) mass is 210 g/mol. The highest BCUT2D eigenvalue weighted by Gasteiger charge is 2.79. The number of hydrogen-bond acceptors (Lipinski definition) is 2. The fraction of sp³-hybridized carbons (Fsp3) is 1.00. The molecule has 2 heteroatoms. The van der Waals surface area contributed by atoms with E-state index < -0.39 is 11.2 Å². The van der Waals surface area contributed by atoms with Gasteiger partial charge < -0.3 is 10.2 Å². The molecule has 2 N–H and O–H groups in total. The molecule has 4 unspecified atom stereocenters. The van der Waals surface area contributed by atoms with Crippen LogP contribution < -0.4 is 0 Å². The van der Waals surface area contributed by atoms with Crippen molar-refractivity contribution in [3.05, 3.63) is 0 Å². The molecule has 86 valence electrons. The van der Waals surface area contributed by atoms with Crippen LogP contribution in [-0.2, 0) is 0 Å². The smallest absolute Gasteiger partial charge is 0.0997 e. The first-order valence-electron chi connectivity index (χ1n) is 6.30. The lowest BCUT2D eigenvalue weighted by molar-refractivity contribution is -0.308. The van der Waals surface area contributed by atoms with E-state index in [0.29, 0.717) is 11.8 Å². The lowest BCUT2D eigenvalue weighted by Crippen LogP contribution is -2.74. The van der Waals surface area contributed by atoms with Gasteiger partial charge in [-0.3, -0.25) is 0 Å². The lowest BCUT2D eigenvalue weighted by Gasteiger charge is -2.70. The Bertz CT molecular complexity index is 308. The second-order valence-corrected chi connectivity index (χ2v) is 6.66. The van der Waals surface area contributed by atoms with Crippen molar-refractivity contribution >= 4 is 0 Å². The molecule has 3 aliphatic rings. The van der Waals surface area contributed by atoms with Crippen molar-refractivity contribution in [3.63, 3.8) is 0 Å². The molecule has 4 atom stereocenters. The van der Waals surface area contributed by atoms with Crippen molar-refractivity contribution < 1.29 is 10.2 Å². The predicted octanol–water partition coefficient (Wildman–Crippen LogP) is 1.94. The van der Waals surface area contributed by atoms with E-state index in [1.807, 2.05) is 0 Å². The van der Waals surface area contributed by atoms with Crippen LogP contribution in [0.3, 0.4) is 0 Å². The molecule has 0 amide bonds. The summed E-state index contributed by atoms with van der Waals surface area (Å²) in [7, 11) is 0. The standard InChI is InChI=1S/C13H22O2/c1-8-4-11(5-8)9(2)7-13(11,15)12(14)6-10(12)3/h8-10,14-15H,4-7H2,1-3H3. The lowest BCUT2D eigenvalue weighted by atomic mass is 9.38. The average molecular weight is 210 g/mol. The van der Waals surface area contributed by atoms with Gasteiger partial charge in [0.15, 0.2) is 0 Å². The molecule has 0 bridgehead atoms. The zero-order valence-electron chi connectivity index (χ0n) is 9.95.